The normalized spacial score (nSPS) is 27.8. The first-order chi connectivity index (χ1) is 13.0. The third-order valence-electron chi connectivity index (χ3n) is 5.48. The molecule has 0 radical (unpaired) electrons. The summed E-state index contributed by atoms with van der Waals surface area (Å²) in [5.74, 6) is -1.21. The van der Waals surface area contributed by atoms with E-state index in [1.807, 2.05) is 18.2 Å². The van der Waals surface area contributed by atoms with Crippen molar-refractivity contribution in [3.8, 4) is 0 Å². The van der Waals surface area contributed by atoms with E-state index in [0.717, 1.165) is 4.90 Å². The summed E-state index contributed by atoms with van der Waals surface area (Å²) in [6.45, 7) is 0. The van der Waals surface area contributed by atoms with Gasteiger partial charge in [0.05, 0.1) is 12.8 Å². The van der Waals surface area contributed by atoms with Crippen LogP contribution in [0.5, 0.6) is 0 Å². The maximum Gasteiger partial charge on any atom is 0.339 e. The van der Waals surface area contributed by atoms with Gasteiger partial charge in [0, 0.05) is 27.5 Å². The minimum atomic E-state index is -2.43. The number of aliphatic hydroxyl groups is 2. The van der Waals surface area contributed by atoms with E-state index in [4.69, 9.17) is 4.74 Å². The topological polar surface area (TPSA) is 87.1 Å². The lowest BCUT2D eigenvalue weighted by atomic mass is 9.85. The minimum absolute atomic E-state index is 0.193. The first-order valence-electron chi connectivity index (χ1n) is 8.39. The fraction of sp³-hybridized carbons (Fsp3) is 0.200. The summed E-state index contributed by atoms with van der Waals surface area (Å²) in [4.78, 5) is 28.2. The van der Waals surface area contributed by atoms with Gasteiger partial charge in [-0.05, 0) is 12.1 Å². The van der Waals surface area contributed by atoms with Crippen molar-refractivity contribution in [3.05, 3.63) is 70.9 Å². The largest absolute Gasteiger partial charge is 0.466 e. The molecule has 2 heterocycles. The van der Waals surface area contributed by atoms with Crippen LogP contribution in [0.15, 0.2) is 64.7 Å². The van der Waals surface area contributed by atoms with Crippen LogP contribution in [0.4, 0.5) is 5.69 Å². The fourth-order valence-corrected chi connectivity index (χ4v) is 5.40. The molecule has 0 aromatic heterocycles. The molecule has 7 heteroatoms. The fourth-order valence-electron chi connectivity index (χ4n) is 4.35. The molecular weight excluding hydrogens is 366 g/mol. The summed E-state index contributed by atoms with van der Waals surface area (Å²) in [6.07, 6.45) is 0. The van der Waals surface area contributed by atoms with Crippen LogP contribution in [-0.4, -0.2) is 40.4 Å². The van der Waals surface area contributed by atoms with Crippen molar-refractivity contribution >= 4 is 29.2 Å². The van der Waals surface area contributed by atoms with E-state index in [1.165, 1.54) is 23.8 Å². The van der Waals surface area contributed by atoms with Crippen molar-refractivity contribution in [3.63, 3.8) is 0 Å². The molecule has 3 aliphatic rings. The number of thioether (sulfide) groups is 1. The third-order valence-corrected chi connectivity index (χ3v) is 6.56. The number of anilines is 1. The Bertz CT molecular complexity index is 1060. The highest BCUT2D eigenvalue weighted by molar-refractivity contribution is 7.99. The Morgan fingerprint density at radius 2 is 1.85 bits per heavy atom. The van der Waals surface area contributed by atoms with Crippen molar-refractivity contribution in [2.45, 2.75) is 16.2 Å². The van der Waals surface area contributed by atoms with E-state index in [9.17, 15) is 19.8 Å². The lowest BCUT2D eigenvalue weighted by Gasteiger charge is -2.42. The van der Waals surface area contributed by atoms with Crippen LogP contribution >= 0.6 is 11.8 Å². The van der Waals surface area contributed by atoms with Gasteiger partial charge in [-0.2, -0.15) is 0 Å². The van der Waals surface area contributed by atoms with Crippen LogP contribution in [-0.2, 0) is 15.3 Å². The first-order valence-corrected chi connectivity index (χ1v) is 9.38. The van der Waals surface area contributed by atoms with E-state index in [0.29, 0.717) is 17.1 Å². The molecule has 2 aromatic rings. The molecule has 5 rings (SSSR count). The molecule has 0 spiro atoms. The SMILES string of the molecule is COC(=O)C1=C2CSc3ccccc3N2[C@]2(O)c3ccccc3C(=O)[C@]12O. The number of Topliss-reactive ketones (excluding diaryl/α,β-unsaturated/α-hetero) is 1. The van der Waals surface area contributed by atoms with Gasteiger partial charge in [0.1, 0.15) is 5.57 Å². The Balaban J connectivity index is 1.90. The summed E-state index contributed by atoms with van der Waals surface area (Å²) < 4.78 is 4.88. The number of hydrogen-bond acceptors (Lipinski definition) is 7. The third kappa shape index (κ3) is 1.70. The lowest BCUT2D eigenvalue weighted by molar-refractivity contribution is -0.142. The molecule has 136 valence electrons. The van der Waals surface area contributed by atoms with Crippen LogP contribution in [0.25, 0.3) is 0 Å². The maximum atomic E-state index is 13.2. The predicted molar refractivity (Wildman–Crippen MR) is 98.3 cm³/mol. The second-order valence-corrected chi connectivity index (χ2v) is 7.68. The second kappa shape index (κ2) is 5.22. The van der Waals surface area contributed by atoms with Gasteiger partial charge in [-0.15, -0.1) is 11.8 Å². The van der Waals surface area contributed by atoms with Crippen molar-refractivity contribution < 1.29 is 24.5 Å². The molecule has 0 bridgehead atoms. The highest BCUT2D eigenvalue weighted by atomic mass is 32.2. The molecule has 2 aromatic carbocycles. The minimum Gasteiger partial charge on any atom is -0.466 e. The van der Waals surface area contributed by atoms with Gasteiger partial charge in [-0.3, -0.25) is 4.79 Å². The molecule has 0 amide bonds. The van der Waals surface area contributed by atoms with Gasteiger partial charge in [0.2, 0.25) is 17.1 Å². The lowest BCUT2D eigenvalue weighted by Crippen LogP contribution is -2.58. The van der Waals surface area contributed by atoms with Gasteiger partial charge in [0.25, 0.3) is 0 Å². The van der Waals surface area contributed by atoms with Crippen LogP contribution in [0.3, 0.4) is 0 Å². The maximum absolute atomic E-state index is 13.2. The highest BCUT2D eigenvalue weighted by Crippen LogP contribution is 2.61. The number of nitrogens with zero attached hydrogens (tertiary/aromatic N) is 1. The number of benzene rings is 2. The zero-order valence-electron chi connectivity index (χ0n) is 14.3. The molecule has 0 fully saturated rings. The molecule has 2 aliphatic heterocycles. The van der Waals surface area contributed by atoms with E-state index in [-0.39, 0.29) is 16.7 Å². The summed E-state index contributed by atoms with van der Waals surface area (Å²) in [7, 11) is 1.19. The number of ether oxygens (including phenoxy) is 1. The van der Waals surface area contributed by atoms with Crippen molar-refractivity contribution in [2.75, 3.05) is 17.8 Å². The summed E-state index contributed by atoms with van der Waals surface area (Å²) in [5.41, 5.74) is -3.26. The Hall–Kier alpha value is -2.61. The number of hydrogen-bond donors (Lipinski definition) is 2. The number of ketones is 1. The van der Waals surface area contributed by atoms with Gasteiger partial charge >= 0.3 is 5.97 Å². The van der Waals surface area contributed by atoms with Gasteiger partial charge in [-0.25, -0.2) is 4.79 Å². The standard InChI is InChI=1S/C20H15NO5S/c1-26-18(23)16-14-10-27-15-9-5-4-8-13(15)21(14)20(25)12-7-3-2-6-11(12)17(22)19(16,20)24/h2-9,24-25H,10H2,1H3/t19-,20+/m1/s1. The first kappa shape index (κ1) is 16.6. The Morgan fingerprint density at radius 3 is 2.63 bits per heavy atom. The molecule has 0 unspecified atom stereocenters. The highest BCUT2D eigenvalue weighted by Gasteiger charge is 2.74. The zero-order valence-corrected chi connectivity index (χ0v) is 15.1. The van der Waals surface area contributed by atoms with Gasteiger partial charge in [-0.1, -0.05) is 36.4 Å². The Kier molecular flexibility index (Phi) is 3.20. The van der Waals surface area contributed by atoms with Crippen LogP contribution in [0.1, 0.15) is 15.9 Å². The molecule has 0 saturated heterocycles. The predicted octanol–water partition coefficient (Wildman–Crippen LogP) is 1.81. The molecule has 1 aliphatic carbocycles. The summed E-state index contributed by atoms with van der Waals surface area (Å²) >= 11 is 1.47. The Morgan fingerprint density at radius 1 is 1.15 bits per heavy atom. The van der Waals surface area contributed by atoms with Gasteiger partial charge in [0.15, 0.2) is 0 Å². The number of rotatable bonds is 1. The van der Waals surface area contributed by atoms with E-state index in [1.54, 1.807) is 30.3 Å². The van der Waals surface area contributed by atoms with E-state index < -0.39 is 23.1 Å². The number of fused-ring (bicyclic) bond motifs is 7. The average Bonchev–Trinajstić information content (AvgIpc) is 3.02. The number of carbonyl (C=O) groups excluding carboxylic acids is 2. The Labute approximate surface area is 159 Å². The number of esters is 1. The van der Waals surface area contributed by atoms with Crippen molar-refractivity contribution in [1.82, 2.24) is 0 Å². The van der Waals surface area contributed by atoms with Crippen LogP contribution in [0.2, 0.25) is 0 Å². The molecule has 2 N–H and O–H groups in total. The monoisotopic (exact) mass is 381 g/mol. The summed E-state index contributed by atoms with van der Waals surface area (Å²) in [5, 5.41) is 23.5. The van der Waals surface area contributed by atoms with E-state index in [2.05, 4.69) is 0 Å². The molecule has 6 nitrogen and oxygen atoms in total. The zero-order chi connectivity index (χ0) is 19.0. The average molecular weight is 381 g/mol. The quantitative estimate of drug-likeness (QED) is 0.729. The van der Waals surface area contributed by atoms with E-state index >= 15 is 0 Å². The van der Waals surface area contributed by atoms with Crippen molar-refractivity contribution in [2.24, 2.45) is 0 Å². The second-order valence-electron chi connectivity index (χ2n) is 6.66. The number of para-hydroxylation sites is 1. The summed E-state index contributed by atoms with van der Waals surface area (Å²) in [6, 6.07) is 13.9. The molecular formula is C20H15NO5S. The van der Waals surface area contributed by atoms with Gasteiger partial charge < -0.3 is 19.8 Å². The number of carbonyl (C=O) groups is 2. The van der Waals surface area contributed by atoms with Crippen molar-refractivity contribution in [1.29, 1.82) is 0 Å². The molecule has 2 atom stereocenters. The van der Waals surface area contributed by atoms with Crippen LogP contribution < -0.4 is 4.90 Å². The smallest absolute Gasteiger partial charge is 0.339 e. The number of methoxy groups -OCH3 is 1. The van der Waals surface area contributed by atoms with Crippen LogP contribution in [0, 0.1) is 0 Å². The molecule has 27 heavy (non-hydrogen) atoms. The molecule has 0 saturated carbocycles.